The van der Waals surface area contributed by atoms with Gasteiger partial charge in [-0.3, -0.25) is 0 Å². The zero-order valence-electron chi connectivity index (χ0n) is 19.9. The molecule has 0 spiro atoms. The zero-order valence-corrected chi connectivity index (χ0v) is 22.5. The van der Waals surface area contributed by atoms with Gasteiger partial charge >= 0.3 is 38.5 Å². The fraction of sp³-hybridized carbons (Fsp3) is 0.357. The van der Waals surface area contributed by atoms with E-state index >= 15 is 0 Å². The van der Waals surface area contributed by atoms with Crippen molar-refractivity contribution in [2.75, 3.05) is 0 Å². The molecule has 4 aromatic carbocycles. The average molecular weight is 449 g/mol. The first-order valence-corrected chi connectivity index (χ1v) is 15.6. The Morgan fingerprint density at radius 2 is 0.933 bits per heavy atom. The standard InChI is InChI=1S/2C13H15.C2H6Si.Ti/c2*1-13(2,3)12-8-10-6-4-5-7-11(10)9-12;1-3-2;/h2*4-9H,1-3H3;1-2H3;/q2*-1;;+2. The molecule has 0 aromatic heterocycles. The molecule has 0 heterocycles. The molecule has 156 valence electrons. The Balaban J connectivity index is 0.000000182. The van der Waals surface area contributed by atoms with Gasteiger partial charge < -0.3 is 0 Å². The molecule has 0 bridgehead atoms. The van der Waals surface area contributed by atoms with Crippen molar-refractivity contribution in [3.63, 3.8) is 0 Å². The van der Waals surface area contributed by atoms with Crippen molar-refractivity contribution in [3.05, 3.63) is 83.9 Å². The van der Waals surface area contributed by atoms with Gasteiger partial charge in [0.2, 0.25) is 0 Å². The Bertz CT molecular complexity index is 943. The quantitative estimate of drug-likeness (QED) is 0.187. The Labute approximate surface area is 195 Å². The minimum atomic E-state index is 0.120. The van der Waals surface area contributed by atoms with E-state index < -0.39 is 0 Å². The van der Waals surface area contributed by atoms with E-state index in [1.54, 1.807) is 0 Å². The third kappa shape index (κ3) is 7.38. The van der Waals surface area contributed by atoms with Gasteiger partial charge in [0.15, 0.2) is 0 Å². The summed E-state index contributed by atoms with van der Waals surface area (Å²) >= 11 is 2.27. The monoisotopic (exact) mass is 448 g/mol. The summed E-state index contributed by atoms with van der Waals surface area (Å²) in [6, 6.07) is 26.2. The van der Waals surface area contributed by atoms with Crippen LogP contribution in [0.15, 0.2) is 72.8 Å². The molecule has 0 saturated carbocycles. The van der Waals surface area contributed by atoms with E-state index in [2.05, 4.69) is 147 Å². The van der Waals surface area contributed by atoms with Crippen LogP contribution in [0, 0.1) is 0 Å². The Morgan fingerprint density at radius 3 is 1.20 bits per heavy atom. The molecule has 0 aliphatic rings. The number of rotatable bonds is 0. The van der Waals surface area contributed by atoms with Gasteiger partial charge in [0.25, 0.3) is 0 Å². The summed E-state index contributed by atoms with van der Waals surface area (Å²) in [6.45, 7) is 18.0. The fourth-order valence-electron chi connectivity index (χ4n) is 3.17. The van der Waals surface area contributed by atoms with Crippen LogP contribution < -0.4 is 0 Å². The van der Waals surface area contributed by atoms with Crippen molar-refractivity contribution in [1.29, 1.82) is 0 Å². The van der Waals surface area contributed by atoms with Crippen LogP contribution in [0.3, 0.4) is 0 Å². The maximum atomic E-state index is 2.29. The molecular formula is C28H36SiTi. The van der Waals surface area contributed by atoms with Crippen molar-refractivity contribution >= 4 is 27.7 Å². The normalized spacial score (nSPS) is 11.5. The molecule has 0 radical (unpaired) electrons. The van der Waals surface area contributed by atoms with Crippen LogP contribution in [0.1, 0.15) is 52.7 Å². The molecule has 0 amide bonds. The Kier molecular flexibility index (Phi) is 8.51. The summed E-state index contributed by atoms with van der Waals surface area (Å²) in [5, 5.41) is 5.42. The second-order valence-corrected chi connectivity index (χ2v) is 16.9. The zero-order chi connectivity index (χ0) is 22.5. The number of benzene rings is 2. The van der Waals surface area contributed by atoms with Gasteiger partial charge in [-0.15, -0.1) is 81.2 Å². The van der Waals surface area contributed by atoms with Crippen LogP contribution >= 0.6 is 0 Å². The van der Waals surface area contributed by atoms with Crippen LogP contribution in [0.5, 0.6) is 0 Å². The van der Waals surface area contributed by atoms with Crippen LogP contribution in [0.25, 0.3) is 21.5 Å². The summed E-state index contributed by atoms with van der Waals surface area (Å²) in [7, 11) is 0. The van der Waals surface area contributed by atoms with Crippen LogP contribution in [-0.4, -0.2) is 6.19 Å². The summed E-state index contributed by atoms with van der Waals surface area (Å²) in [5.74, 6) is 0. The third-order valence-corrected chi connectivity index (χ3v) is 4.97. The summed E-state index contributed by atoms with van der Waals surface area (Å²) in [6.07, 6.45) is 0.120. The maximum absolute atomic E-state index is 2.29. The summed E-state index contributed by atoms with van der Waals surface area (Å²) in [5.41, 5.74) is 3.38. The van der Waals surface area contributed by atoms with Crippen LogP contribution in [0.2, 0.25) is 13.1 Å². The molecule has 0 aliphatic heterocycles. The first kappa shape index (κ1) is 24.9. The molecule has 0 atom stereocenters. The Morgan fingerprint density at radius 1 is 0.633 bits per heavy atom. The molecule has 4 rings (SSSR count). The average Bonchev–Trinajstić information content (AvgIpc) is 3.25. The van der Waals surface area contributed by atoms with Gasteiger partial charge in [-0.25, -0.2) is 0 Å². The summed E-state index contributed by atoms with van der Waals surface area (Å²) < 4.78 is 0. The first-order valence-electron chi connectivity index (χ1n) is 10.7. The second kappa shape index (κ2) is 10.3. The third-order valence-electron chi connectivity index (χ3n) is 4.97. The molecule has 4 aromatic rings. The minimum absolute atomic E-state index is 0.120. The Hall–Kier alpha value is -1.41. The van der Waals surface area contributed by atoms with E-state index in [9.17, 15) is 0 Å². The molecule has 2 heteroatoms. The van der Waals surface area contributed by atoms with Crippen LogP contribution in [-0.2, 0) is 30.0 Å². The fourth-order valence-corrected chi connectivity index (χ4v) is 3.17. The molecule has 0 saturated heterocycles. The van der Waals surface area contributed by atoms with Crippen molar-refractivity contribution < 1.29 is 19.2 Å². The molecule has 30 heavy (non-hydrogen) atoms. The van der Waals surface area contributed by atoms with E-state index in [-0.39, 0.29) is 17.0 Å². The van der Waals surface area contributed by atoms with Gasteiger partial charge in [-0.05, 0) is 10.8 Å². The number of hydrogen-bond donors (Lipinski definition) is 0. The molecule has 0 fully saturated rings. The molecule has 0 aliphatic carbocycles. The van der Waals surface area contributed by atoms with Crippen molar-refractivity contribution in [1.82, 2.24) is 0 Å². The molecule has 0 nitrogen and oxygen atoms in total. The second-order valence-electron chi connectivity index (χ2n) is 10.2. The van der Waals surface area contributed by atoms with Crippen molar-refractivity contribution in [2.24, 2.45) is 0 Å². The van der Waals surface area contributed by atoms with E-state index in [0.29, 0.717) is 0 Å². The van der Waals surface area contributed by atoms with Crippen molar-refractivity contribution in [3.8, 4) is 0 Å². The predicted octanol–water partition coefficient (Wildman–Crippen LogP) is 8.50. The van der Waals surface area contributed by atoms with Gasteiger partial charge in [0, 0.05) is 0 Å². The molecule has 0 unspecified atom stereocenters. The molecular weight excluding hydrogens is 412 g/mol. The van der Waals surface area contributed by atoms with E-state index in [1.807, 2.05) is 0 Å². The number of fused-ring (bicyclic) bond motifs is 2. The topological polar surface area (TPSA) is 0 Å². The SMILES string of the molecule is CC(C)(C)c1cc2ccccc2[cH-]1.CC(C)(C)c1cc2ccccc2[cH-]1.C[Si](C)=[Ti+2]. The van der Waals surface area contributed by atoms with Gasteiger partial charge in [0.1, 0.15) is 0 Å². The van der Waals surface area contributed by atoms with Gasteiger partial charge in [-0.1, -0.05) is 53.7 Å². The van der Waals surface area contributed by atoms with Gasteiger partial charge in [-0.2, -0.15) is 12.1 Å². The van der Waals surface area contributed by atoms with Crippen LogP contribution in [0.4, 0.5) is 0 Å². The molecule has 0 N–H and O–H groups in total. The predicted molar refractivity (Wildman–Crippen MR) is 134 cm³/mol. The summed E-state index contributed by atoms with van der Waals surface area (Å²) in [4.78, 5) is 0. The first-order chi connectivity index (χ1) is 13.9. The van der Waals surface area contributed by atoms with E-state index in [0.717, 1.165) is 0 Å². The van der Waals surface area contributed by atoms with Crippen molar-refractivity contribution in [2.45, 2.75) is 65.5 Å². The van der Waals surface area contributed by atoms with E-state index in [1.165, 1.54) is 32.7 Å². The number of hydrogen-bond acceptors (Lipinski definition) is 0. The van der Waals surface area contributed by atoms with Gasteiger partial charge in [0.05, 0.1) is 0 Å². The van der Waals surface area contributed by atoms with E-state index in [4.69, 9.17) is 0 Å².